The van der Waals surface area contributed by atoms with Crippen LogP contribution in [0.1, 0.15) is 9.67 Å². The third kappa shape index (κ3) is 4.07. The molecule has 0 saturated carbocycles. The van der Waals surface area contributed by atoms with E-state index < -0.39 is 5.97 Å². The number of carboxylic acids is 1. The highest BCUT2D eigenvalue weighted by atomic mass is 79.9. The Morgan fingerprint density at radius 2 is 2.00 bits per heavy atom. The fraction of sp³-hybridized carbons (Fsp3) is 0.0769. The highest BCUT2D eigenvalue weighted by molar-refractivity contribution is 9.10. The molecule has 2 N–H and O–H groups in total. The van der Waals surface area contributed by atoms with Crippen molar-refractivity contribution in [2.45, 2.75) is 0 Å². The lowest BCUT2D eigenvalue weighted by molar-refractivity contribution is -0.118. The SMILES string of the molecule is O=C(COc1csc(C(=O)O)c1)Nc1ccc(Br)cc1. The zero-order valence-corrected chi connectivity index (χ0v) is 12.5. The van der Waals surface area contributed by atoms with Gasteiger partial charge in [0.15, 0.2) is 6.61 Å². The van der Waals surface area contributed by atoms with Crippen LogP contribution in [0.25, 0.3) is 0 Å². The van der Waals surface area contributed by atoms with Crippen LogP contribution >= 0.6 is 27.3 Å². The summed E-state index contributed by atoms with van der Waals surface area (Å²) in [4.78, 5) is 22.5. The Bertz CT molecular complexity index is 624. The lowest BCUT2D eigenvalue weighted by atomic mass is 10.3. The first kappa shape index (κ1) is 14.5. The fourth-order valence-electron chi connectivity index (χ4n) is 1.39. The van der Waals surface area contributed by atoms with E-state index in [0.29, 0.717) is 11.4 Å². The molecular formula is C13H10BrNO4S. The van der Waals surface area contributed by atoms with Crippen molar-refractivity contribution in [2.24, 2.45) is 0 Å². The number of anilines is 1. The van der Waals surface area contributed by atoms with Crippen molar-refractivity contribution < 1.29 is 19.4 Å². The van der Waals surface area contributed by atoms with Crippen molar-refractivity contribution in [1.29, 1.82) is 0 Å². The van der Waals surface area contributed by atoms with Gasteiger partial charge in [-0.15, -0.1) is 11.3 Å². The van der Waals surface area contributed by atoms with Crippen LogP contribution in [-0.2, 0) is 4.79 Å². The molecule has 0 bridgehead atoms. The van der Waals surface area contributed by atoms with Crippen molar-refractivity contribution in [3.63, 3.8) is 0 Å². The number of aromatic carboxylic acids is 1. The Hall–Kier alpha value is -1.86. The second-order valence-corrected chi connectivity index (χ2v) is 5.62. The number of carboxylic acid groups (broad SMARTS) is 1. The fourth-order valence-corrected chi connectivity index (χ4v) is 2.31. The molecule has 0 saturated heterocycles. The molecule has 5 nitrogen and oxygen atoms in total. The van der Waals surface area contributed by atoms with E-state index in [1.165, 1.54) is 6.07 Å². The number of hydrogen-bond acceptors (Lipinski definition) is 4. The van der Waals surface area contributed by atoms with Crippen LogP contribution in [-0.4, -0.2) is 23.6 Å². The first-order valence-corrected chi connectivity index (χ1v) is 7.22. The second kappa shape index (κ2) is 6.53. The Morgan fingerprint density at radius 1 is 1.30 bits per heavy atom. The van der Waals surface area contributed by atoms with Gasteiger partial charge in [-0.05, 0) is 24.3 Å². The first-order valence-electron chi connectivity index (χ1n) is 5.54. The highest BCUT2D eigenvalue weighted by Gasteiger charge is 2.09. The van der Waals surface area contributed by atoms with E-state index in [0.717, 1.165) is 15.8 Å². The minimum Gasteiger partial charge on any atom is -0.483 e. The van der Waals surface area contributed by atoms with Gasteiger partial charge in [0.1, 0.15) is 10.6 Å². The number of carbonyl (C=O) groups is 2. The summed E-state index contributed by atoms with van der Waals surface area (Å²) >= 11 is 4.36. The van der Waals surface area contributed by atoms with Gasteiger partial charge in [0.25, 0.3) is 5.91 Å². The van der Waals surface area contributed by atoms with Gasteiger partial charge in [-0.1, -0.05) is 15.9 Å². The lowest BCUT2D eigenvalue weighted by Gasteiger charge is -2.06. The van der Waals surface area contributed by atoms with Gasteiger partial charge in [0.2, 0.25) is 0 Å². The van der Waals surface area contributed by atoms with Gasteiger partial charge in [-0.3, -0.25) is 4.79 Å². The van der Waals surface area contributed by atoms with Crippen LogP contribution in [0.15, 0.2) is 40.2 Å². The standard InChI is InChI=1S/C13H10BrNO4S/c14-8-1-3-9(4-2-8)15-12(16)6-19-10-5-11(13(17)18)20-7-10/h1-5,7H,6H2,(H,15,16)(H,17,18). The molecule has 104 valence electrons. The largest absolute Gasteiger partial charge is 0.483 e. The molecule has 2 rings (SSSR count). The maximum atomic E-state index is 11.7. The number of hydrogen-bond donors (Lipinski definition) is 2. The van der Waals surface area contributed by atoms with E-state index >= 15 is 0 Å². The number of thiophene rings is 1. The van der Waals surface area contributed by atoms with E-state index in [2.05, 4.69) is 21.2 Å². The van der Waals surface area contributed by atoms with Gasteiger partial charge >= 0.3 is 5.97 Å². The number of amides is 1. The average molecular weight is 356 g/mol. The minimum absolute atomic E-state index is 0.174. The number of halogens is 1. The van der Waals surface area contributed by atoms with E-state index in [1.54, 1.807) is 17.5 Å². The third-order valence-electron chi connectivity index (χ3n) is 2.28. The van der Waals surface area contributed by atoms with Crippen molar-refractivity contribution in [2.75, 3.05) is 11.9 Å². The summed E-state index contributed by atoms with van der Waals surface area (Å²) in [6.45, 7) is -0.175. The van der Waals surface area contributed by atoms with Crippen LogP contribution < -0.4 is 10.1 Å². The summed E-state index contributed by atoms with van der Waals surface area (Å²) in [5.74, 6) is -0.946. The molecule has 0 unspecified atom stereocenters. The molecule has 20 heavy (non-hydrogen) atoms. The minimum atomic E-state index is -1.01. The lowest BCUT2D eigenvalue weighted by Crippen LogP contribution is -2.19. The van der Waals surface area contributed by atoms with E-state index in [-0.39, 0.29) is 17.4 Å². The Kier molecular flexibility index (Phi) is 4.75. The average Bonchev–Trinajstić information content (AvgIpc) is 2.88. The molecule has 1 aromatic carbocycles. The van der Waals surface area contributed by atoms with Crippen LogP contribution in [0.4, 0.5) is 5.69 Å². The summed E-state index contributed by atoms with van der Waals surface area (Å²) in [6.07, 6.45) is 0. The molecule has 0 aliphatic heterocycles. The summed E-state index contributed by atoms with van der Waals surface area (Å²) in [6, 6.07) is 8.53. The third-order valence-corrected chi connectivity index (χ3v) is 3.71. The van der Waals surface area contributed by atoms with Crippen molar-refractivity contribution in [1.82, 2.24) is 0 Å². The Labute approximate surface area is 127 Å². The molecule has 0 fully saturated rings. The van der Waals surface area contributed by atoms with E-state index in [1.807, 2.05) is 12.1 Å². The second-order valence-electron chi connectivity index (χ2n) is 3.80. The number of rotatable bonds is 5. The number of ether oxygens (including phenoxy) is 1. The maximum Gasteiger partial charge on any atom is 0.346 e. The number of nitrogens with one attached hydrogen (secondary N) is 1. The van der Waals surface area contributed by atoms with Gasteiger partial charge < -0.3 is 15.2 Å². The topological polar surface area (TPSA) is 75.6 Å². The van der Waals surface area contributed by atoms with Crippen molar-refractivity contribution in [3.05, 3.63) is 45.1 Å². The molecule has 0 radical (unpaired) electrons. The molecule has 1 heterocycles. The molecule has 1 amide bonds. The summed E-state index contributed by atoms with van der Waals surface area (Å²) < 4.78 is 6.14. The maximum absolute atomic E-state index is 11.7. The van der Waals surface area contributed by atoms with Gasteiger partial charge in [-0.25, -0.2) is 4.79 Å². The number of carbonyl (C=O) groups excluding carboxylic acids is 1. The first-order chi connectivity index (χ1) is 9.54. The van der Waals surface area contributed by atoms with Gasteiger partial charge in [0, 0.05) is 21.6 Å². The van der Waals surface area contributed by atoms with Crippen molar-refractivity contribution in [3.8, 4) is 5.75 Å². The van der Waals surface area contributed by atoms with Crippen molar-refractivity contribution >= 4 is 44.8 Å². The summed E-state index contributed by atoms with van der Waals surface area (Å²) in [5.41, 5.74) is 0.665. The van der Waals surface area contributed by atoms with Crippen LogP contribution in [0.3, 0.4) is 0 Å². The Morgan fingerprint density at radius 3 is 2.60 bits per heavy atom. The predicted octanol–water partition coefficient (Wildman–Crippen LogP) is 3.23. The summed E-state index contributed by atoms with van der Waals surface area (Å²) in [7, 11) is 0. The predicted molar refractivity (Wildman–Crippen MR) is 79.5 cm³/mol. The molecular weight excluding hydrogens is 346 g/mol. The molecule has 0 aliphatic rings. The zero-order valence-electron chi connectivity index (χ0n) is 10.1. The molecule has 0 atom stereocenters. The Balaban J connectivity index is 1.85. The normalized spacial score (nSPS) is 10.1. The molecule has 7 heteroatoms. The summed E-state index contributed by atoms with van der Waals surface area (Å²) in [5, 5.41) is 13.0. The molecule has 1 aromatic heterocycles. The smallest absolute Gasteiger partial charge is 0.346 e. The molecule has 0 aliphatic carbocycles. The number of benzene rings is 1. The zero-order chi connectivity index (χ0) is 14.5. The quantitative estimate of drug-likeness (QED) is 0.863. The van der Waals surface area contributed by atoms with Gasteiger partial charge in [0.05, 0.1) is 0 Å². The molecule has 0 spiro atoms. The van der Waals surface area contributed by atoms with Crippen LogP contribution in [0.2, 0.25) is 0 Å². The van der Waals surface area contributed by atoms with Crippen LogP contribution in [0, 0.1) is 0 Å². The van der Waals surface area contributed by atoms with E-state index in [4.69, 9.17) is 9.84 Å². The van der Waals surface area contributed by atoms with Crippen LogP contribution in [0.5, 0.6) is 5.75 Å². The monoisotopic (exact) mass is 355 g/mol. The molecule has 2 aromatic rings. The van der Waals surface area contributed by atoms with Gasteiger partial charge in [-0.2, -0.15) is 0 Å². The van der Waals surface area contributed by atoms with E-state index in [9.17, 15) is 9.59 Å². The highest BCUT2D eigenvalue weighted by Crippen LogP contribution is 2.21.